The molecule has 2 aromatic rings. The molecule has 1 heterocycles. The minimum Gasteiger partial charge on any atom is -0.507 e. The number of allylic oxidation sites excluding steroid dienone is 2. The van der Waals surface area contributed by atoms with Crippen LogP contribution in [0.25, 0.3) is 16.8 Å². The lowest BCUT2D eigenvalue weighted by Gasteiger charge is -2.25. The van der Waals surface area contributed by atoms with Crippen molar-refractivity contribution in [2.24, 2.45) is 0 Å². The van der Waals surface area contributed by atoms with Crippen LogP contribution in [0.4, 0.5) is 0 Å². The highest BCUT2D eigenvalue weighted by molar-refractivity contribution is 5.94. The largest absolute Gasteiger partial charge is 0.507 e. The summed E-state index contributed by atoms with van der Waals surface area (Å²) in [4.78, 5) is 2.22. The molecule has 1 aliphatic heterocycles. The fourth-order valence-corrected chi connectivity index (χ4v) is 2.81. The van der Waals surface area contributed by atoms with Gasteiger partial charge in [0.05, 0.1) is 6.04 Å². The van der Waals surface area contributed by atoms with Gasteiger partial charge in [0.25, 0.3) is 0 Å². The molecule has 2 aromatic carbocycles. The molecular weight excluding hydrogens is 270 g/mol. The summed E-state index contributed by atoms with van der Waals surface area (Å²) in [6.07, 6.45) is 12.0. The summed E-state index contributed by atoms with van der Waals surface area (Å²) < 4.78 is 0. The number of rotatable bonds is 3. The van der Waals surface area contributed by atoms with Gasteiger partial charge >= 0.3 is 0 Å². The van der Waals surface area contributed by atoms with Gasteiger partial charge in [-0.1, -0.05) is 61.6 Å². The molecule has 0 aliphatic carbocycles. The maximum Gasteiger partial charge on any atom is 0.123 e. The third kappa shape index (κ3) is 2.77. The molecule has 0 bridgehead atoms. The molecule has 0 saturated carbocycles. The standard InChI is InChI=1S/C20H21NO/c1-3-15-8-11-17(21(2)14-15)12-9-16-10-13-20(22)19-7-5-4-6-18(16)19/h4-14,17,22H,3H2,1-2H3/b12-9+. The van der Waals surface area contributed by atoms with Gasteiger partial charge in [0.1, 0.15) is 5.75 Å². The summed E-state index contributed by atoms with van der Waals surface area (Å²) in [6.45, 7) is 2.17. The second kappa shape index (κ2) is 6.10. The molecule has 112 valence electrons. The third-order valence-electron chi connectivity index (χ3n) is 4.16. The molecule has 1 unspecified atom stereocenters. The zero-order valence-electron chi connectivity index (χ0n) is 13.0. The predicted octanol–water partition coefficient (Wildman–Crippen LogP) is 4.72. The number of aromatic hydroxyl groups is 1. The van der Waals surface area contributed by atoms with Gasteiger partial charge in [0.2, 0.25) is 0 Å². The smallest absolute Gasteiger partial charge is 0.123 e. The van der Waals surface area contributed by atoms with Gasteiger partial charge in [-0.25, -0.2) is 0 Å². The van der Waals surface area contributed by atoms with Gasteiger partial charge in [0.15, 0.2) is 0 Å². The van der Waals surface area contributed by atoms with Crippen molar-refractivity contribution in [1.82, 2.24) is 4.90 Å². The quantitative estimate of drug-likeness (QED) is 0.884. The highest BCUT2D eigenvalue weighted by atomic mass is 16.3. The number of phenolic OH excluding ortho intramolecular Hbond substituents is 1. The molecule has 0 aromatic heterocycles. The van der Waals surface area contributed by atoms with Crippen LogP contribution in [0.3, 0.4) is 0 Å². The van der Waals surface area contributed by atoms with Gasteiger partial charge in [-0.2, -0.15) is 0 Å². The molecule has 1 atom stereocenters. The van der Waals surface area contributed by atoms with Crippen LogP contribution < -0.4 is 0 Å². The summed E-state index contributed by atoms with van der Waals surface area (Å²) >= 11 is 0. The van der Waals surface area contributed by atoms with Crippen LogP contribution in [0.15, 0.2) is 66.4 Å². The van der Waals surface area contributed by atoms with Crippen molar-refractivity contribution in [2.75, 3.05) is 7.05 Å². The van der Waals surface area contributed by atoms with Crippen molar-refractivity contribution in [3.05, 3.63) is 72.0 Å². The Hall–Kier alpha value is -2.48. The average molecular weight is 291 g/mol. The van der Waals surface area contributed by atoms with E-state index in [0.717, 1.165) is 22.8 Å². The maximum absolute atomic E-state index is 9.96. The zero-order chi connectivity index (χ0) is 15.5. The summed E-state index contributed by atoms with van der Waals surface area (Å²) in [6, 6.07) is 11.9. The number of nitrogens with zero attached hydrogens (tertiary/aromatic N) is 1. The van der Waals surface area contributed by atoms with Crippen LogP contribution >= 0.6 is 0 Å². The molecule has 0 radical (unpaired) electrons. The molecule has 3 rings (SSSR count). The van der Waals surface area contributed by atoms with Crippen molar-refractivity contribution in [3.63, 3.8) is 0 Å². The maximum atomic E-state index is 9.96. The Balaban J connectivity index is 1.90. The Labute approximate surface area is 131 Å². The van der Waals surface area contributed by atoms with E-state index in [-0.39, 0.29) is 6.04 Å². The highest BCUT2D eigenvalue weighted by Gasteiger charge is 2.10. The minimum atomic E-state index is 0.267. The monoisotopic (exact) mass is 291 g/mol. The number of benzene rings is 2. The predicted molar refractivity (Wildman–Crippen MR) is 93.7 cm³/mol. The molecule has 2 heteroatoms. The molecular formula is C20H21NO. The Bertz CT molecular complexity index is 770. The average Bonchev–Trinajstić information content (AvgIpc) is 2.55. The molecule has 1 N–H and O–H groups in total. The topological polar surface area (TPSA) is 23.5 Å². The lowest BCUT2D eigenvalue weighted by molar-refractivity contribution is 0.429. The Morgan fingerprint density at radius 2 is 1.91 bits per heavy atom. The van der Waals surface area contributed by atoms with E-state index in [9.17, 15) is 5.11 Å². The molecule has 0 amide bonds. The Morgan fingerprint density at radius 3 is 2.64 bits per heavy atom. The lowest BCUT2D eigenvalue weighted by Crippen LogP contribution is -2.25. The van der Waals surface area contributed by atoms with E-state index in [2.05, 4.69) is 49.4 Å². The van der Waals surface area contributed by atoms with E-state index in [1.807, 2.05) is 30.3 Å². The van der Waals surface area contributed by atoms with Crippen LogP contribution in [-0.2, 0) is 0 Å². The minimum absolute atomic E-state index is 0.267. The second-order valence-corrected chi connectivity index (χ2v) is 5.65. The van der Waals surface area contributed by atoms with Gasteiger partial charge < -0.3 is 10.0 Å². The molecule has 0 spiro atoms. The van der Waals surface area contributed by atoms with E-state index >= 15 is 0 Å². The van der Waals surface area contributed by atoms with Gasteiger partial charge in [0, 0.05) is 18.6 Å². The number of hydrogen-bond acceptors (Lipinski definition) is 2. The second-order valence-electron chi connectivity index (χ2n) is 5.65. The van der Waals surface area contributed by atoms with Crippen molar-refractivity contribution < 1.29 is 5.11 Å². The van der Waals surface area contributed by atoms with Crippen LogP contribution in [0.1, 0.15) is 18.9 Å². The lowest BCUT2D eigenvalue weighted by atomic mass is 10.0. The SMILES string of the molecule is CCC1=CN(C)C(/C=C/c2ccc(O)c3ccccc23)C=C1. The zero-order valence-corrected chi connectivity index (χ0v) is 13.0. The first-order valence-electron chi connectivity index (χ1n) is 7.69. The van der Waals surface area contributed by atoms with Crippen molar-refractivity contribution in [3.8, 4) is 5.75 Å². The molecule has 1 aliphatic rings. The van der Waals surface area contributed by atoms with Gasteiger partial charge in [-0.3, -0.25) is 0 Å². The number of likely N-dealkylation sites (N-methyl/N-ethyl adjacent to an activating group) is 1. The van der Waals surface area contributed by atoms with Crippen molar-refractivity contribution in [1.29, 1.82) is 0 Å². The van der Waals surface area contributed by atoms with Gasteiger partial charge in [-0.15, -0.1) is 0 Å². The fraction of sp³-hybridized carbons (Fsp3) is 0.200. The van der Waals surface area contributed by atoms with Crippen LogP contribution in [0.2, 0.25) is 0 Å². The normalized spacial score (nSPS) is 18.2. The molecule has 2 nitrogen and oxygen atoms in total. The van der Waals surface area contributed by atoms with E-state index in [1.54, 1.807) is 6.07 Å². The van der Waals surface area contributed by atoms with E-state index in [0.29, 0.717) is 5.75 Å². The van der Waals surface area contributed by atoms with Crippen molar-refractivity contribution >= 4 is 16.8 Å². The summed E-state index contributed by atoms with van der Waals surface area (Å²) in [5, 5.41) is 11.9. The molecule has 22 heavy (non-hydrogen) atoms. The number of phenols is 1. The molecule has 0 saturated heterocycles. The summed E-state index contributed by atoms with van der Waals surface area (Å²) in [5.74, 6) is 0.331. The van der Waals surface area contributed by atoms with E-state index in [1.165, 1.54) is 5.57 Å². The Morgan fingerprint density at radius 1 is 1.14 bits per heavy atom. The highest BCUT2D eigenvalue weighted by Crippen LogP contribution is 2.28. The molecule has 0 fully saturated rings. The first kappa shape index (κ1) is 14.5. The first-order valence-corrected chi connectivity index (χ1v) is 7.69. The summed E-state index contributed by atoms with van der Waals surface area (Å²) in [7, 11) is 2.10. The van der Waals surface area contributed by atoms with Crippen LogP contribution in [0, 0.1) is 0 Å². The third-order valence-corrected chi connectivity index (χ3v) is 4.16. The van der Waals surface area contributed by atoms with E-state index in [4.69, 9.17) is 0 Å². The summed E-state index contributed by atoms with van der Waals surface area (Å²) in [5.41, 5.74) is 2.47. The van der Waals surface area contributed by atoms with Gasteiger partial charge in [-0.05, 0) is 29.0 Å². The number of hydrogen-bond donors (Lipinski definition) is 1. The first-order chi connectivity index (χ1) is 10.7. The van der Waals surface area contributed by atoms with E-state index < -0.39 is 0 Å². The number of fused-ring (bicyclic) bond motifs is 1. The fourth-order valence-electron chi connectivity index (χ4n) is 2.81. The Kier molecular flexibility index (Phi) is 4.01. The van der Waals surface area contributed by atoms with Crippen LogP contribution in [-0.4, -0.2) is 23.1 Å². The van der Waals surface area contributed by atoms with Crippen molar-refractivity contribution in [2.45, 2.75) is 19.4 Å². The van der Waals surface area contributed by atoms with Crippen LogP contribution in [0.5, 0.6) is 5.75 Å².